The number of hydrogen-bond acceptors (Lipinski definition) is 5. The van der Waals surface area contributed by atoms with Gasteiger partial charge in [0.15, 0.2) is 11.0 Å². The lowest BCUT2D eigenvalue weighted by Gasteiger charge is -2.18. The second-order valence-corrected chi connectivity index (χ2v) is 8.38. The highest BCUT2D eigenvalue weighted by atomic mass is 35.5. The molecule has 1 heterocycles. The van der Waals surface area contributed by atoms with Crippen molar-refractivity contribution in [1.29, 1.82) is 0 Å². The Balaban J connectivity index is 1.56. The maximum Gasteiger partial charge on any atom is 0.418 e. The predicted molar refractivity (Wildman–Crippen MR) is 120 cm³/mol. The van der Waals surface area contributed by atoms with E-state index in [9.17, 15) is 22.8 Å². The van der Waals surface area contributed by atoms with Crippen molar-refractivity contribution >= 4 is 40.9 Å². The molecule has 3 rings (SSSR count). The minimum Gasteiger partial charge on any atom is -0.336 e. The average Bonchev–Trinajstić information content (AvgIpc) is 3.12. The summed E-state index contributed by atoms with van der Waals surface area (Å²) in [5.41, 5.74) is -0.513. The topological polar surface area (TPSA) is 80.1 Å². The van der Waals surface area contributed by atoms with E-state index < -0.39 is 30.1 Å². The number of nitrogens with zero attached hydrogens (tertiary/aromatic N) is 4. The first kappa shape index (κ1) is 24.6. The monoisotopic (exact) mass is 497 g/mol. The van der Waals surface area contributed by atoms with Gasteiger partial charge in [0.2, 0.25) is 11.8 Å². The van der Waals surface area contributed by atoms with Crippen molar-refractivity contribution in [3.8, 4) is 11.4 Å². The minimum absolute atomic E-state index is 0.0322. The smallest absolute Gasteiger partial charge is 0.336 e. The molecule has 3 aromatic rings. The van der Waals surface area contributed by atoms with E-state index in [0.717, 1.165) is 34.4 Å². The Hall–Kier alpha value is -3.05. The molecule has 2 aromatic carbocycles. The summed E-state index contributed by atoms with van der Waals surface area (Å²) in [5.74, 6) is -0.570. The summed E-state index contributed by atoms with van der Waals surface area (Å²) in [6.45, 7) is -0.402. The normalized spacial score (nSPS) is 11.3. The fourth-order valence-electron chi connectivity index (χ4n) is 2.86. The van der Waals surface area contributed by atoms with Crippen molar-refractivity contribution in [2.24, 2.45) is 7.05 Å². The highest BCUT2D eigenvalue weighted by Gasteiger charge is 2.33. The van der Waals surface area contributed by atoms with Gasteiger partial charge in [0.05, 0.1) is 23.5 Å². The third-order valence-corrected chi connectivity index (χ3v) is 5.83. The quantitative estimate of drug-likeness (QED) is 0.491. The number of likely N-dealkylation sites (N-methyl/N-ethyl adjacent to an activating group) is 1. The van der Waals surface area contributed by atoms with E-state index >= 15 is 0 Å². The lowest BCUT2D eigenvalue weighted by molar-refractivity contribution is -0.137. The van der Waals surface area contributed by atoms with Crippen molar-refractivity contribution < 1.29 is 22.8 Å². The molecule has 174 valence electrons. The first-order valence-electron chi connectivity index (χ1n) is 9.54. The molecule has 0 saturated carbocycles. The summed E-state index contributed by atoms with van der Waals surface area (Å²) >= 11 is 7.03. The van der Waals surface area contributed by atoms with Crippen molar-refractivity contribution in [1.82, 2.24) is 19.7 Å². The maximum absolute atomic E-state index is 13.1. The molecule has 2 amide bonds. The number of aromatic nitrogens is 3. The van der Waals surface area contributed by atoms with E-state index in [0.29, 0.717) is 16.0 Å². The summed E-state index contributed by atoms with van der Waals surface area (Å²) < 4.78 is 40.9. The van der Waals surface area contributed by atoms with Crippen molar-refractivity contribution in [2.75, 3.05) is 24.7 Å². The molecule has 0 bridgehead atoms. The molecule has 1 aromatic heterocycles. The van der Waals surface area contributed by atoms with Crippen LogP contribution in [0.3, 0.4) is 0 Å². The molecular formula is C21H19ClF3N5O2S. The molecule has 0 unspecified atom stereocenters. The zero-order valence-electron chi connectivity index (χ0n) is 17.6. The summed E-state index contributed by atoms with van der Waals surface area (Å²) in [4.78, 5) is 25.8. The van der Waals surface area contributed by atoms with Crippen LogP contribution in [0.4, 0.5) is 18.9 Å². The molecule has 0 saturated heterocycles. The fraction of sp³-hybridized carbons (Fsp3) is 0.238. The Labute approximate surface area is 196 Å². The lowest BCUT2D eigenvalue weighted by atomic mass is 10.1. The number of carbonyl (C=O) groups excluding carboxylic acids is 2. The molecule has 1 N–H and O–H groups in total. The molecule has 33 heavy (non-hydrogen) atoms. The van der Waals surface area contributed by atoms with Gasteiger partial charge in [-0.25, -0.2) is 0 Å². The van der Waals surface area contributed by atoms with Crippen LogP contribution < -0.4 is 5.32 Å². The van der Waals surface area contributed by atoms with Crippen LogP contribution in [0.2, 0.25) is 5.02 Å². The molecule has 0 aliphatic carbocycles. The van der Waals surface area contributed by atoms with Gasteiger partial charge in [0, 0.05) is 24.7 Å². The van der Waals surface area contributed by atoms with Crippen molar-refractivity contribution in [3.05, 3.63) is 59.1 Å². The van der Waals surface area contributed by atoms with Gasteiger partial charge in [-0.15, -0.1) is 10.2 Å². The second kappa shape index (κ2) is 10.3. The van der Waals surface area contributed by atoms with Crippen LogP contribution in [0, 0.1) is 0 Å². The molecule has 0 radical (unpaired) electrons. The molecule has 0 aliphatic heterocycles. The van der Waals surface area contributed by atoms with Crippen molar-refractivity contribution in [2.45, 2.75) is 11.3 Å². The molecule has 12 heteroatoms. The number of amides is 2. The van der Waals surface area contributed by atoms with E-state index in [4.69, 9.17) is 11.6 Å². The van der Waals surface area contributed by atoms with E-state index in [1.807, 2.05) is 0 Å². The number of hydrogen-bond donors (Lipinski definition) is 1. The Morgan fingerprint density at radius 2 is 1.79 bits per heavy atom. The third kappa shape index (κ3) is 6.26. The fourth-order valence-corrected chi connectivity index (χ4v) is 3.84. The van der Waals surface area contributed by atoms with E-state index in [1.54, 1.807) is 35.9 Å². The molecule has 7 nitrogen and oxygen atoms in total. The van der Waals surface area contributed by atoms with Gasteiger partial charge in [0.25, 0.3) is 0 Å². The number of benzene rings is 2. The second-order valence-electron chi connectivity index (χ2n) is 7.00. The van der Waals surface area contributed by atoms with E-state index in [2.05, 4.69) is 15.5 Å². The molecule has 0 atom stereocenters. The summed E-state index contributed by atoms with van der Waals surface area (Å²) in [5, 5.41) is 11.5. The highest BCUT2D eigenvalue weighted by Crippen LogP contribution is 2.34. The number of alkyl halides is 3. The van der Waals surface area contributed by atoms with Gasteiger partial charge < -0.3 is 14.8 Å². The van der Waals surface area contributed by atoms with Crippen LogP contribution in [0.15, 0.2) is 53.7 Å². The number of anilines is 1. The average molecular weight is 498 g/mol. The van der Waals surface area contributed by atoms with Crippen LogP contribution in [0.25, 0.3) is 11.4 Å². The lowest BCUT2D eigenvalue weighted by Crippen LogP contribution is -2.36. The Morgan fingerprint density at radius 3 is 2.45 bits per heavy atom. The van der Waals surface area contributed by atoms with Crippen LogP contribution in [-0.4, -0.2) is 50.8 Å². The van der Waals surface area contributed by atoms with Crippen LogP contribution in [0.1, 0.15) is 5.56 Å². The highest BCUT2D eigenvalue weighted by molar-refractivity contribution is 7.99. The number of carbonyl (C=O) groups is 2. The van der Waals surface area contributed by atoms with E-state index in [1.165, 1.54) is 19.2 Å². The number of rotatable bonds is 7. The van der Waals surface area contributed by atoms with Crippen molar-refractivity contribution in [3.63, 3.8) is 0 Å². The van der Waals surface area contributed by atoms with E-state index in [-0.39, 0.29) is 11.4 Å². The zero-order chi connectivity index (χ0) is 24.2. The molecular weight excluding hydrogens is 479 g/mol. The number of para-hydroxylation sites is 1. The standard InChI is InChI=1S/C21H19ClF3N5O2S/c1-29(11-17(31)26-16-6-4-3-5-15(16)21(23,24)25)18(32)12-33-20-28-27-19(30(20)2)13-7-9-14(22)10-8-13/h3-10H,11-12H2,1-2H3,(H,26,31). The first-order valence-corrected chi connectivity index (χ1v) is 10.9. The SMILES string of the molecule is CN(CC(=O)Nc1ccccc1C(F)(F)F)C(=O)CSc1nnc(-c2ccc(Cl)cc2)n1C. The number of nitrogens with one attached hydrogen (secondary N) is 1. The van der Waals surface area contributed by atoms with Gasteiger partial charge in [-0.1, -0.05) is 35.5 Å². The maximum atomic E-state index is 13.1. The number of thioether (sulfide) groups is 1. The Kier molecular flexibility index (Phi) is 7.65. The summed E-state index contributed by atoms with van der Waals surface area (Å²) in [6, 6.07) is 11.7. The summed E-state index contributed by atoms with van der Waals surface area (Å²) in [6.07, 6.45) is -4.61. The summed E-state index contributed by atoms with van der Waals surface area (Å²) in [7, 11) is 3.15. The van der Waals surface area contributed by atoms with Gasteiger partial charge in [-0.05, 0) is 36.4 Å². The Morgan fingerprint density at radius 1 is 1.12 bits per heavy atom. The van der Waals surface area contributed by atoms with Gasteiger partial charge in [-0.3, -0.25) is 9.59 Å². The Bertz CT molecular complexity index is 1150. The molecule has 0 spiro atoms. The van der Waals surface area contributed by atoms with Gasteiger partial charge >= 0.3 is 6.18 Å². The zero-order valence-corrected chi connectivity index (χ0v) is 19.1. The van der Waals surface area contributed by atoms with Crippen LogP contribution in [0.5, 0.6) is 0 Å². The van der Waals surface area contributed by atoms with Gasteiger partial charge in [0.1, 0.15) is 0 Å². The predicted octanol–water partition coefficient (Wildman–Crippen LogP) is 4.34. The van der Waals surface area contributed by atoms with Crippen LogP contribution >= 0.6 is 23.4 Å². The molecule has 0 fully saturated rings. The van der Waals surface area contributed by atoms with Gasteiger partial charge in [-0.2, -0.15) is 13.2 Å². The van der Waals surface area contributed by atoms with Crippen LogP contribution in [-0.2, 0) is 22.8 Å². The third-order valence-electron chi connectivity index (χ3n) is 4.58. The molecule has 0 aliphatic rings. The largest absolute Gasteiger partial charge is 0.418 e. The minimum atomic E-state index is -4.61. The number of halogens is 4. The first-order chi connectivity index (χ1) is 15.6.